The van der Waals surface area contributed by atoms with Crippen LogP contribution in [0.25, 0.3) is 0 Å². The highest BCUT2D eigenvalue weighted by Gasteiger charge is 2.16. The molecule has 0 bridgehead atoms. The van der Waals surface area contributed by atoms with Gasteiger partial charge in [0, 0.05) is 12.6 Å². The van der Waals surface area contributed by atoms with Crippen LogP contribution < -0.4 is 5.32 Å². The zero-order valence-electron chi connectivity index (χ0n) is 13.1. The molecule has 0 heterocycles. The van der Waals surface area contributed by atoms with Gasteiger partial charge in [-0.1, -0.05) is 0 Å². The Morgan fingerprint density at radius 2 is 2.05 bits per heavy atom. The number of nitro groups is 1. The Balaban J connectivity index is 2.52. The standard InChI is InChI=1S/C15H24FN3O2/c1-11(2)18(4)8-6-5-7-17-14-9-12(3)13(16)10-15(14)19(20)21/h9-11,17H,5-8H2,1-4H3. The van der Waals surface area contributed by atoms with Crippen molar-refractivity contribution in [3.8, 4) is 0 Å². The molecule has 5 nitrogen and oxygen atoms in total. The molecular formula is C15H24FN3O2. The Bertz CT molecular complexity index is 492. The number of anilines is 1. The summed E-state index contributed by atoms with van der Waals surface area (Å²) in [6.07, 6.45) is 1.92. The molecule has 118 valence electrons. The summed E-state index contributed by atoms with van der Waals surface area (Å²) in [6.45, 7) is 7.51. The number of aryl methyl sites for hydroxylation is 1. The minimum atomic E-state index is -0.558. The van der Waals surface area contributed by atoms with Gasteiger partial charge < -0.3 is 10.2 Å². The predicted molar refractivity (Wildman–Crippen MR) is 83.3 cm³/mol. The van der Waals surface area contributed by atoms with Crippen molar-refractivity contribution in [3.05, 3.63) is 33.6 Å². The fourth-order valence-electron chi connectivity index (χ4n) is 1.93. The van der Waals surface area contributed by atoms with Crippen LogP contribution >= 0.6 is 0 Å². The summed E-state index contributed by atoms with van der Waals surface area (Å²) in [6, 6.07) is 2.98. The van der Waals surface area contributed by atoms with E-state index in [0.29, 0.717) is 23.8 Å². The Hall–Kier alpha value is -1.69. The smallest absolute Gasteiger partial charge is 0.295 e. The maximum atomic E-state index is 13.4. The summed E-state index contributed by atoms with van der Waals surface area (Å²) in [5.41, 5.74) is 0.580. The maximum Gasteiger partial charge on any atom is 0.295 e. The van der Waals surface area contributed by atoms with Crippen LogP contribution in [-0.4, -0.2) is 36.0 Å². The molecule has 0 aromatic heterocycles. The first-order valence-electron chi connectivity index (χ1n) is 7.21. The van der Waals surface area contributed by atoms with Gasteiger partial charge in [0.25, 0.3) is 5.69 Å². The summed E-state index contributed by atoms with van der Waals surface area (Å²) in [5, 5.41) is 14.0. The number of hydrogen-bond acceptors (Lipinski definition) is 4. The van der Waals surface area contributed by atoms with Gasteiger partial charge in [0.05, 0.1) is 11.0 Å². The van der Waals surface area contributed by atoms with E-state index in [1.165, 1.54) is 6.07 Å². The first kappa shape index (κ1) is 17.4. The number of benzene rings is 1. The average Bonchev–Trinajstić information content (AvgIpc) is 2.41. The molecule has 0 saturated carbocycles. The minimum absolute atomic E-state index is 0.211. The number of halogens is 1. The lowest BCUT2D eigenvalue weighted by Crippen LogP contribution is -2.27. The third-order valence-corrected chi connectivity index (χ3v) is 3.61. The van der Waals surface area contributed by atoms with Crippen LogP contribution in [0.4, 0.5) is 15.8 Å². The van der Waals surface area contributed by atoms with E-state index in [0.717, 1.165) is 25.5 Å². The van der Waals surface area contributed by atoms with Crippen LogP contribution in [0.1, 0.15) is 32.3 Å². The average molecular weight is 297 g/mol. The van der Waals surface area contributed by atoms with Gasteiger partial charge in [-0.05, 0) is 58.8 Å². The second-order valence-corrected chi connectivity index (χ2v) is 5.58. The molecule has 1 aromatic rings. The van der Waals surface area contributed by atoms with E-state index >= 15 is 0 Å². The Kier molecular flexibility index (Phi) is 6.55. The lowest BCUT2D eigenvalue weighted by molar-refractivity contribution is -0.384. The fraction of sp³-hybridized carbons (Fsp3) is 0.600. The Morgan fingerprint density at radius 3 is 2.62 bits per heavy atom. The molecule has 0 unspecified atom stereocenters. The van der Waals surface area contributed by atoms with Crippen LogP contribution in [-0.2, 0) is 0 Å². The molecule has 0 aliphatic rings. The van der Waals surface area contributed by atoms with Gasteiger partial charge in [0.1, 0.15) is 11.5 Å². The number of unbranched alkanes of at least 4 members (excludes halogenated alkanes) is 1. The molecular weight excluding hydrogens is 273 g/mol. The summed E-state index contributed by atoms with van der Waals surface area (Å²) in [5.74, 6) is -0.550. The third kappa shape index (κ3) is 5.30. The number of nitro benzene ring substituents is 1. The second-order valence-electron chi connectivity index (χ2n) is 5.58. The molecule has 1 N–H and O–H groups in total. The normalized spacial score (nSPS) is 11.2. The number of nitrogens with zero attached hydrogens (tertiary/aromatic N) is 2. The molecule has 0 spiro atoms. The van der Waals surface area contributed by atoms with Gasteiger partial charge in [0.2, 0.25) is 0 Å². The van der Waals surface area contributed by atoms with Crippen LogP contribution in [0.3, 0.4) is 0 Å². The zero-order valence-corrected chi connectivity index (χ0v) is 13.1. The second kappa shape index (κ2) is 7.93. The first-order valence-corrected chi connectivity index (χ1v) is 7.21. The van der Waals surface area contributed by atoms with Gasteiger partial charge in [-0.15, -0.1) is 0 Å². The van der Waals surface area contributed by atoms with E-state index in [4.69, 9.17) is 0 Å². The van der Waals surface area contributed by atoms with Crippen molar-refractivity contribution in [1.29, 1.82) is 0 Å². The van der Waals surface area contributed by atoms with Crippen molar-refractivity contribution < 1.29 is 9.31 Å². The largest absolute Gasteiger partial charge is 0.379 e. The van der Waals surface area contributed by atoms with Gasteiger partial charge in [-0.25, -0.2) is 4.39 Å². The lowest BCUT2D eigenvalue weighted by Gasteiger charge is -2.20. The summed E-state index contributed by atoms with van der Waals surface area (Å²) >= 11 is 0. The molecule has 0 radical (unpaired) electrons. The topological polar surface area (TPSA) is 58.4 Å². The van der Waals surface area contributed by atoms with E-state index < -0.39 is 10.7 Å². The van der Waals surface area contributed by atoms with Crippen molar-refractivity contribution >= 4 is 11.4 Å². The van der Waals surface area contributed by atoms with Crippen LogP contribution in [0, 0.1) is 22.9 Å². The molecule has 6 heteroatoms. The van der Waals surface area contributed by atoms with Crippen molar-refractivity contribution in [2.45, 2.75) is 39.7 Å². The molecule has 0 atom stereocenters. The first-order chi connectivity index (χ1) is 9.82. The monoisotopic (exact) mass is 297 g/mol. The zero-order chi connectivity index (χ0) is 16.0. The Labute approximate surface area is 125 Å². The molecule has 0 fully saturated rings. The van der Waals surface area contributed by atoms with Gasteiger partial charge >= 0.3 is 0 Å². The summed E-state index contributed by atoms with van der Waals surface area (Å²) < 4.78 is 13.4. The predicted octanol–water partition coefficient (Wildman–Crippen LogP) is 3.57. The number of nitrogens with one attached hydrogen (secondary N) is 1. The third-order valence-electron chi connectivity index (χ3n) is 3.61. The van der Waals surface area contributed by atoms with E-state index in [9.17, 15) is 14.5 Å². The maximum absolute atomic E-state index is 13.4. The minimum Gasteiger partial charge on any atom is -0.379 e. The Morgan fingerprint density at radius 1 is 1.38 bits per heavy atom. The number of rotatable bonds is 8. The highest BCUT2D eigenvalue weighted by Crippen LogP contribution is 2.27. The van der Waals surface area contributed by atoms with E-state index in [1.54, 1.807) is 6.92 Å². The molecule has 21 heavy (non-hydrogen) atoms. The number of hydrogen-bond donors (Lipinski definition) is 1. The molecule has 0 amide bonds. The molecule has 0 saturated heterocycles. The van der Waals surface area contributed by atoms with Crippen molar-refractivity contribution in [1.82, 2.24) is 4.90 Å². The van der Waals surface area contributed by atoms with E-state index in [2.05, 4.69) is 31.1 Å². The van der Waals surface area contributed by atoms with Gasteiger partial charge in [-0.2, -0.15) is 0 Å². The fourth-order valence-corrected chi connectivity index (χ4v) is 1.93. The molecule has 0 aliphatic carbocycles. The van der Waals surface area contributed by atoms with E-state index in [-0.39, 0.29) is 5.69 Å². The van der Waals surface area contributed by atoms with Crippen LogP contribution in [0.5, 0.6) is 0 Å². The SMILES string of the molecule is Cc1cc(NCCCCN(C)C(C)C)c([N+](=O)[O-])cc1F. The van der Waals surface area contributed by atoms with Crippen molar-refractivity contribution in [2.24, 2.45) is 0 Å². The quantitative estimate of drug-likeness (QED) is 0.453. The van der Waals surface area contributed by atoms with Gasteiger partial charge in [0.15, 0.2) is 0 Å². The molecule has 1 aromatic carbocycles. The highest BCUT2D eigenvalue weighted by atomic mass is 19.1. The van der Waals surface area contributed by atoms with Crippen LogP contribution in [0.2, 0.25) is 0 Å². The van der Waals surface area contributed by atoms with Crippen molar-refractivity contribution in [2.75, 3.05) is 25.5 Å². The molecule has 1 rings (SSSR count). The molecule has 0 aliphatic heterocycles. The summed E-state index contributed by atoms with van der Waals surface area (Å²) in [7, 11) is 2.08. The van der Waals surface area contributed by atoms with Gasteiger partial charge in [-0.3, -0.25) is 10.1 Å². The lowest BCUT2D eigenvalue weighted by atomic mass is 10.1. The van der Waals surface area contributed by atoms with Crippen LogP contribution in [0.15, 0.2) is 12.1 Å². The highest BCUT2D eigenvalue weighted by molar-refractivity contribution is 5.63. The van der Waals surface area contributed by atoms with Crippen molar-refractivity contribution in [3.63, 3.8) is 0 Å². The summed E-state index contributed by atoms with van der Waals surface area (Å²) in [4.78, 5) is 12.6. The van der Waals surface area contributed by atoms with E-state index in [1.807, 2.05) is 0 Å².